The molecule has 1 aromatic carbocycles. The summed E-state index contributed by atoms with van der Waals surface area (Å²) in [6.45, 7) is 0. The Labute approximate surface area is 126 Å². The fourth-order valence-electron chi connectivity index (χ4n) is 1.66. The number of nitrogens with one attached hydrogen (secondary N) is 1. The Morgan fingerprint density at radius 3 is 2.90 bits per heavy atom. The van der Waals surface area contributed by atoms with E-state index < -0.39 is 5.78 Å². The van der Waals surface area contributed by atoms with Crippen molar-refractivity contribution in [3.8, 4) is 11.5 Å². The number of ether oxygens (including phenoxy) is 1. The number of phenolic OH excluding ortho intramolecular Hbond substituents is 1. The van der Waals surface area contributed by atoms with E-state index in [2.05, 4.69) is 27.9 Å². The molecule has 0 saturated heterocycles. The van der Waals surface area contributed by atoms with Gasteiger partial charge in [0.2, 0.25) is 0 Å². The maximum Gasteiger partial charge on any atom is 0.195 e. The number of carbonyl (C=O) groups excluding carboxylic acids is 1. The van der Waals surface area contributed by atoms with Crippen LogP contribution in [-0.4, -0.2) is 28.0 Å². The molecule has 0 aliphatic heterocycles. The Morgan fingerprint density at radius 2 is 2.24 bits per heavy atom. The number of nitrogens with zero attached hydrogens (tertiary/aromatic N) is 2. The van der Waals surface area contributed by atoms with Crippen molar-refractivity contribution in [3.63, 3.8) is 0 Å². The molecule has 108 valence electrons. The highest BCUT2D eigenvalue weighted by molar-refractivity contribution is 7.84. The van der Waals surface area contributed by atoms with Crippen LogP contribution in [0.3, 0.4) is 0 Å². The van der Waals surface area contributed by atoms with Gasteiger partial charge in [0.1, 0.15) is 22.9 Å². The highest BCUT2D eigenvalue weighted by atomic mass is 32.1. The number of carbonyl (C=O) groups is 1. The van der Waals surface area contributed by atoms with Crippen molar-refractivity contribution in [1.82, 2.24) is 9.97 Å². The van der Waals surface area contributed by atoms with E-state index in [0.717, 1.165) is 0 Å². The van der Waals surface area contributed by atoms with Gasteiger partial charge in [-0.15, -0.1) is 12.6 Å². The molecule has 2 rings (SSSR count). The number of allylic oxidation sites excluding steroid dienone is 1. The molecule has 0 atom stereocenters. The zero-order chi connectivity index (χ0) is 15.2. The molecule has 2 aromatic rings. The van der Waals surface area contributed by atoms with Gasteiger partial charge in [0.25, 0.3) is 0 Å². The molecule has 21 heavy (non-hydrogen) atoms. The second kappa shape index (κ2) is 6.76. The van der Waals surface area contributed by atoms with Gasteiger partial charge >= 0.3 is 0 Å². The van der Waals surface area contributed by atoms with E-state index in [4.69, 9.17) is 4.74 Å². The Balaban J connectivity index is 2.23. The Bertz CT molecular complexity index is 674. The number of benzene rings is 1. The molecule has 1 heterocycles. The second-order valence-electron chi connectivity index (χ2n) is 3.96. The molecule has 0 aliphatic carbocycles. The van der Waals surface area contributed by atoms with E-state index in [1.807, 2.05) is 0 Å². The molecule has 1 aromatic heterocycles. The van der Waals surface area contributed by atoms with E-state index in [9.17, 15) is 9.90 Å². The first-order valence-corrected chi connectivity index (χ1v) is 6.40. The van der Waals surface area contributed by atoms with Crippen molar-refractivity contribution in [1.29, 1.82) is 0 Å². The van der Waals surface area contributed by atoms with Gasteiger partial charge in [-0.2, -0.15) is 0 Å². The monoisotopic (exact) mass is 303 g/mol. The largest absolute Gasteiger partial charge is 0.507 e. The van der Waals surface area contributed by atoms with Gasteiger partial charge in [0.15, 0.2) is 5.78 Å². The van der Waals surface area contributed by atoms with Crippen molar-refractivity contribution in [2.75, 3.05) is 12.4 Å². The summed E-state index contributed by atoms with van der Waals surface area (Å²) in [6.07, 6.45) is 5.77. The molecule has 0 radical (unpaired) electrons. The molecular weight excluding hydrogens is 290 g/mol. The molecule has 0 amide bonds. The minimum absolute atomic E-state index is 0.0764. The predicted octanol–water partition coefficient (Wildman–Crippen LogP) is 2.26. The average molecular weight is 303 g/mol. The third-order valence-electron chi connectivity index (χ3n) is 2.56. The van der Waals surface area contributed by atoms with Crippen LogP contribution >= 0.6 is 12.6 Å². The first-order valence-electron chi connectivity index (χ1n) is 5.96. The lowest BCUT2D eigenvalue weighted by molar-refractivity contribution is 0.104. The lowest BCUT2D eigenvalue weighted by Crippen LogP contribution is -2.03. The van der Waals surface area contributed by atoms with Gasteiger partial charge in [-0.25, -0.2) is 4.98 Å². The third-order valence-corrected chi connectivity index (χ3v) is 2.80. The van der Waals surface area contributed by atoms with Crippen LogP contribution in [0.15, 0.2) is 47.9 Å². The minimum atomic E-state index is -0.439. The first-order chi connectivity index (χ1) is 10.1. The fourth-order valence-corrected chi connectivity index (χ4v) is 1.90. The molecule has 0 bridgehead atoms. The average Bonchev–Trinajstić information content (AvgIpc) is 2.47. The van der Waals surface area contributed by atoms with Crippen molar-refractivity contribution in [2.24, 2.45) is 0 Å². The van der Waals surface area contributed by atoms with Crippen molar-refractivity contribution >= 4 is 24.2 Å². The molecule has 0 saturated carbocycles. The molecule has 0 unspecified atom stereocenters. The van der Waals surface area contributed by atoms with Crippen LogP contribution in [0, 0.1) is 0 Å². The Kier molecular flexibility index (Phi) is 4.78. The summed E-state index contributed by atoms with van der Waals surface area (Å²) in [4.78, 5) is 20.1. The number of anilines is 1. The number of thiol groups is 1. The molecule has 2 N–H and O–H groups in total. The van der Waals surface area contributed by atoms with Crippen LogP contribution in [-0.2, 0) is 0 Å². The standard InChI is InChI=1S/C14H13N3O3S/c1-20-11-4-2-3-9(18)14(11)10(19)7-13(21)17-12-8-15-5-6-16-12/h2-8,18,21H,1H3,(H,16,17)/b13-7-. The van der Waals surface area contributed by atoms with Crippen LogP contribution in [0.5, 0.6) is 11.5 Å². The van der Waals surface area contributed by atoms with Gasteiger partial charge in [-0.05, 0) is 12.1 Å². The van der Waals surface area contributed by atoms with E-state index in [-0.39, 0.29) is 22.1 Å². The summed E-state index contributed by atoms with van der Waals surface area (Å²) in [5.74, 6) is 0.148. The zero-order valence-electron chi connectivity index (χ0n) is 11.1. The number of aromatic hydroxyl groups is 1. The number of phenols is 1. The molecule has 0 aliphatic rings. The van der Waals surface area contributed by atoms with Crippen LogP contribution < -0.4 is 10.1 Å². The summed E-state index contributed by atoms with van der Waals surface area (Å²) >= 11 is 4.17. The number of hydrogen-bond donors (Lipinski definition) is 3. The van der Waals surface area contributed by atoms with Gasteiger partial charge in [-0.1, -0.05) is 6.07 Å². The smallest absolute Gasteiger partial charge is 0.195 e. The van der Waals surface area contributed by atoms with Gasteiger partial charge in [-0.3, -0.25) is 9.78 Å². The quantitative estimate of drug-likeness (QED) is 0.446. The topological polar surface area (TPSA) is 84.3 Å². The number of methoxy groups -OCH3 is 1. The van der Waals surface area contributed by atoms with E-state index >= 15 is 0 Å². The van der Waals surface area contributed by atoms with E-state index in [1.165, 1.54) is 37.8 Å². The van der Waals surface area contributed by atoms with Crippen molar-refractivity contribution < 1.29 is 14.6 Å². The SMILES string of the molecule is COc1cccc(O)c1C(=O)/C=C(\S)Nc1cnccn1. The number of rotatable bonds is 5. The predicted molar refractivity (Wildman–Crippen MR) is 81.7 cm³/mol. The lowest BCUT2D eigenvalue weighted by atomic mass is 10.1. The van der Waals surface area contributed by atoms with Crippen LogP contribution in [0.4, 0.5) is 5.82 Å². The molecular formula is C14H13N3O3S. The summed E-state index contributed by atoms with van der Waals surface area (Å²) in [5.41, 5.74) is 0.0764. The minimum Gasteiger partial charge on any atom is -0.507 e. The number of ketones is 1. The summed E-state index contributed by atoms with van der Waals surface area (Å²) < 4.78 is 5.07. The molecule has 6 nitrogen and oxygen atoms in total. The third kappa shape index (κ3) is 3.73. The maximum atomic E-state index is 12.2. The highest BCUT2D eigenvalue weighted by Gasteiger charge is 2.15. The highest BCUT2D eigenvalue weighted by Crippen LogP contribution is 2.28. The van der Waals surface area contributed by atoms with Gasteiger partial charge in [0.05, 0.1) is 18.3 Å². The maximum absolute atomic E-state index is 12.2. The first kappa shape index (κ1) is 14.9. The molecule has 7 heteroatoms. The summed E-state index contributed by atoms with van der Waals surface area (Å²) in [7, 11) is 1.43. The fraction of sp³-hybridized carbons (Fsp3) is 0.0714. The van der Waals surface area contributed by atoms with Crippen molar-refractivity contribution in [2.45, 2.75) is 0 Å². The Hall–Kier alpha value is -2.54. The molecule has 0 fully saturated rings. The van der Waals surface area contributed by atoms with E-state index in [0.29, 0.717) is 5.82 Å². The zero-order valence-corrected chi connectivity index (χ0v) is 12.0. The second-order valence-corrected chi connectivity index (χ2v) is 4.45. The van der Waals surface area contributed by atoms with Crippen LogP contribution in [0.2, 0.25) is 0 Å². The van der Waals surface area contributed by atoms with Gasteiger partial charge in [0, 0.05) is 18.5 Å². The van der Waals surface area contributed by atoms with Crippen LogP contribution in [0.25, 0.3) is 0 Å². The number of hydrogen-bond acceptors (Lipinski definition) is 7. The number of aromatic nitrogens is 2. The van der Waals surface area contributed by atoms with Gasteiger partial charge < -0.3 is 15.2 Å². The van der Waals surface area contributed by atoms with E-state index in [1.54, 1.807) is 12.1 Å². The summed E-state index contributed by atoms with van der Waals surface area (Å²) in [5, 5.41) is 12.9. The lowest BCUT2D eigenvalue weighted by Gasteiger charge is -2.08. The summed E-state index contributed by atoms with van der Waals surface area (Å²) in [6, 6.07) is 4.60. The van der Waals surface area contributed by atoms with Crippen molar-refractivity contribution in [3.05, 3.63) is 53.5 Å². The normalized spacial score (nSPS) is 11.0. The molecule has 0 spiro atoms. The van der Waals surface area contributed by atoms with Crippen LogP contribution in [0.1, 0.15) is 10.4 Å². The Morgan fingerprint density at radius 1 is 1.43 bits per heavy atom.